The van der Waals surface area contributed by atoms with Crippen LogP contribution in [0.1, 0.15) is 18.4 Å². The summed E-state index contributed by atoms with van der Waals surface area (Å²) in [4.78, 5) is 32.4. The number of benzene rings is 1. The van der Waals surface area contributed by atoms with E-state index in [9.17, 15) is 9.59 Å². The van der Waals surface area contributed by atoms with E-state index in [0.717, 1.165) is 31.0 Å². The molecule has 2 aliphatic carbocycles. The summed E-state index contributed by atoms with van der Waals surface area (Å²) in [6.45, 7) is 0.871. The standard InChI is InChI=1S/C16H18O4/c17-8-13-6-14(16(13)7-15(16)9-18)11-20-19-10-12-4-2-1-3-5-12/h1-5,8-9,13-15H,6-7,10-11H2. The summed E-state index contributed by atoms with van der Waals surface area (Å²) >= 11 is 0. The molecule has 0 radical (unpaired) electrons. The van der Waals surface area contributed by atoms with Gasteiger partial charge in [-0.2, -0.15) is 0 Å². The molecule has 2 saturated carbocycles. The van der Waals surface area contributed by atoms with Crippen LogP contribution in [0, 0.1) is 23.2 Å². The third-order valence-electron chi connectivity index (χ3n) is 4.84. The maximum atomic E-state index is 11.0. The lowest BCUT2D eigenvalue weighted by atomic mass is 9.61. The number of hydrogen-bond donors (Lipinski definition) is 0. The Morgan fingerprint density at radius 1 is 1.10 bits per heavy atom. The van der Waals surface area contributed by atoms with Crippen LogP contribution in [0.2, 0.25) is 0 Å². The van der Waals surface area contributed by atoms with Crippen molar-refractivity contribution in [3.8, 4) is 0 Å². The molecule has 4 unspecified atom stereocenters. The fourth-order valence-electron chi connectivity index (χ4n) is 3.50. The van der Waals surface area contributed by atoms with Crippen LogP contribution in [0.15, 0.2) is 30.3 Å². The van der Waals surface area contributed by atoms with Crippen LogP contribution in [-0.4, -0.2) is 19.2 Å². The van der Waals surface area contributed by atoms with E-state index in [4.69, 9.17) is 9.78 Å². The number of carbonyl (C=O) groups is 2. The molecular formula is C16H18O4. The normalized spacial score (nSPS) is 34.5. The SMILES string of the molecule is O=CC1CC(COOCc2ccccc2)C12CC2C=O. The molecule has 1 aromatic carbocycles. The lowest BCUT2D eigenvalue weighted by Crippen LogP contribution is -2.44. The van der Waals surface area contributed by atoms with Crippen LogP contribution in [0.3, 0.4) is 0 Å². The quantitative estimate of drug-likeness (QED) is 0.331. The Bertz CT molecular complexity index is 487. The van der Waals surface area contributed by atoms with Crippen molar-refractivity contribution in [2.24, 2.45) is 23.2 Å². The van der Waals surface area contributed by atoms with Crippen molar-refractivity contribution < 1.29 is 19.4 Å². The minimum Gasteiger partial charge on any atom is -0.303 e. The van der Waals surface area contributed by atoms with Crippen molar-refractivity contribution in [3.05, 3.63) is 35.9 Å². The zero-order valence-electron chi connectivity index (χ0n) is 11.2. The molecule has 20 heavy (non-hydrogen) atoms. The van der Waals surface area contributed by atoms with E-state index in [1.807, 2.05) is 30.3 Å². The predicted molar refractivity (Wildman–Crippen MR) is 71.4 cm³/mol. The summed E-state index contributed by atoms with van der Waals surface area (Å²) in [6.07, 6.45) is 3.60. The van der Waals surface area contributed by atoms with Crippen LogP contribution in [0.4, 0.5) is 0 Å². The van der Waals surface area contributed by atoms with Crippen LogP contribution in [0.25, 0.3) is 0 Å². The average Bonchev–Trinajstić information content (AvgIpc) is 3.24. The molecule has 2 aliphatic rings. The minimum absolute atomic E-state index is 0.0282. The number of rotatable bonds is 7. The number of aldehydes is 2. The van der Waals surface area contributed by atoms with E-state index in [-0.39, 0.29) is 23.2 Å². The first-order valence-corrected chi connectivity index (χ1v) is 7.00. The van der Waals surface area contributed by atoms with Crippen LogP contribution >= 0.6 is 0 Å². The Labute approximate surface area is 118 Å². The van der Waals surface area contributed by atoms with Gasteiger partial charge in [-0.1, -0.05) is 30.3 Å². The summed E-state index contributed by atoms with van der Waals surface area (Å²) in [5, 5.41) is 0. The maximum Gasteiger partial charge on any atom is 0.123 e. The molecule has 2 fully saturated rings. The zero-order chi connectivity index (χ0) is 14.0. The van der Waals surface area contributed by atoms with Gasteiger partial charge < -0.3 is 9.59 Å². The zero-order valence-corrected chi connectivity index (χ0v) is 11.2. The van der Waals surface area contributed by atoms with Gasteiger partial charge in [0.2, 0.25) is 0 Å². The Morgan fingerprint density at radius 3 is 2.50 bits per heavy atom. The molecule has 1 aromatic rings. The third kappa shape index (κ3) is 2.19. The second kappa shape index (κ2) is 5.46. The van der Waals surface area contributed by atoms with E-state index in [0.29, 0.717) is 13.2 Å². The number of hydrogen-bond acceptors (Lipinski definition) is 4. The molecule has 0 N–H and O–H groups in total. The molecule has 0 bridgehead atoms. The van der Waals surface area contributed by atoms with Gasteiger partial charge >= 0.3 is 0 Å². The molecule has 0 aliphatic heterocycles. The monoisotopic (exact) mass is 274 g/mol. The van der Waals surface area contributed by atoms with Crippen molar-refractivity contribution in [1.29, 1.82) is 0 Å². The van der Waals surface area contributed by atoms with Gasteiger partial charge in [-0.25, -0.2) is 9.78 Å². The van der Waals surface area contributed by atoms with Gasteiger partial charge in [0.1, 0.15) is 19.2 Å². The van der Waals surface area contributed by atoms with Crippen molar-refractivity contribution in [2.75, 3.05) is 6.61 Å². The maximum absolute atomic E-state index is 11.0. The van der Waals surface area contributed by atoms with Crippen molar-refractivity contribution in [3.63, 3.8) is 0 Å². The van der Waals surface area contributed by atoms with E-state index in [2.05, 4.69) is 0 Å². The summed E-state index contributed by atoms with van der Waals surface area (Å²) in [5.74, 6) is 0.332. The lowest BCUT2D eigenvalue weighted by Gasteiger charge is -2.43. The fraction of sp³-hybridized carbons (Fsp3) is 0.500. The molecule has 3 rings (SSSR count). The van der Waals surface area contributed by atoms with E-state index in [1.165, 1.54) is 0 Å². The fourth-order valence-corrected chi connectivity index (χ4v) is 3.50. The van der Waals surface area contributed by atoms with Gasteiger partial charge in [0, 0.05) is 11.8 Å². The molecular weight excluding hydrogens is 256 g/mol. The van der Waals surface area contributed by atoms with E-state index >= 15 is 0 Å². The largest absolute Gasteiger partial charge is 0.303 e. The van der Waals surface area contributed by atoms with Crippen LogP contribution < -0.4 is 0 Å². The Hall–Kier alpha value is -1.52. The lowest BCUT2D eigenvalue weighted by molar-refractivity contribution is -0.319. The summed E-state index contributed by atoms with van der Waals surface area (Å²) in [5.41, 5.74) is 0.943. The Morgan fingerprint density at radius 2 is 1.85 bits per heavy atom. The summed E-state index contributed by atoms with van der Waals surface area (Å²) in [6, 6.07) is 9.80. The summed E-state index contributed by atoms with van der Waals surface area (Å²) in [7, 11) is 0. The van der Waals surface area contributed by atoms with Crippen molar-refractivity contribution in [2.45, 2.75) is 19.4 Å². The van der Waals surface area contributed by atoms with Crippen LogP contribution in [-0.2, 0) is 26.0 Å². The molecule has 4 heteroatoms. The second-order valence-corrected chi connectivity index (χ2v) is 5.77. The topological polar surface area (TPSA) is 52.6 Å². The highest BCUT2D eigenvalue weighted by Gasteiger charge is 2.69. The molecule has 0 aromatic heterocycles. The third-order valence-corrected chi connectivity index (χ3v) is 4.84. The van der Waals surface area contributed by atoms with Gasteiger partial charge in [-0.3, -0.25) is 0 Å². The van der Waals surface area contributed by atoms with Gasteiger partial charge in [0.05, 0.1) is 6.61 Å². The van der Waals surface area contributed by atoms with Crippen molar-refractivity contribution >= 4 is 12.6 Å². The molecule has 0 amide bonds. The second-order valence-electron chi connectivity index (χ2n) is 5.77. The molecule has 4 nitrogen and oxygen atoms in total. The predicted octanol–water partition coefficient (Wildman–Crippen LogP) is 2.17. The first-order chi connectivity index (χ1) is 9.81. The summed E-state index contributed by atoms with van der Waals surface area (Å²) < 4.78 is 0. The first-order valence-electron chi connectivity index (χ1n) is 7.00. The molecule has 0 saturated heterocycles. The van der Waals surface area contributed by atoms with E-state index in [1.54, 1.807) is 0 Å². The highest BCUT2D eigenvalue weighted by atomic mass is 17.2. The molecule has 106 valence electrons. The Kier molecular flexibility index (Phi) is 3.68. The Balaban J connectivity index is 1.44. The van der Waals surface area contributed by atoms with Gasteiger partial charge in [0.15, 0.2) is 0 Å². The molecule has 0 heterocycles. The highest BCUT2D eigenvalue weighted by Crippen LogP contribution is 2.70. The van der Waals surface area contributed by atoms with Crippen LogP contribution in [0.5, 0.6) is 0 Å². The van der Waals surface area contributed by atoms with Gasteiger partial charge in [-0.15, -0.1) is 0 Å². The highest BCUT2D eigenvalue weighted by molar-refractivity contribution is 5.68. The van der Waals surface area contributed by atoms with Crippen molar-refractivity contribution in [1.82, 2.24) is 0 Å². The van der Waals surface area contributed by atoms with Gasteiger partial charge in [0.25, 0.3) is 0 Å². The first kappa shape index (κ1) is 13.5. The van der Waals surface area contributed by atoms with E-state index < -0.39 is 0 Å². The minimum atomic E-state index is -0.112. The smallest absolute Gasteiger partial charge is 0.123 e. The van der Waals surface area contributed by atoms with Gasteiger partial charge in [-0.05, 0) is 29.7 Å². The molecule has 4 atom stereocenters. The number of carbonyl (C=O) groups excluding carboxylic acids is 2. The molecule has 1 spiro atoms. The average molecular weight is 274 g/mol.